The van der Waals surface area contributed by atoms with Gasteiger partial charge in [-0.3, -0.25) is 0 Å². The lowest BCUT2D eigenvalue weighted by Crippen LogP contribution is -2.05. The molecule has 0 amide bonds. The van der Waals surface area contributed by atoms with Crippen LogP contribution in [0.4, 0.5) is 4.39 Å². The first kappa shape index (κ1) is 13.0. The lowest BCUT2D eigenvalue weighted by Gasteiger charge is -2.07. The highest BCUT2D eigenvalue weighted by molar-refractivity contribution is 7.99. The van der Waals surface area contributed by atoms with E-state index in [4.69, 9.17) is 5.73 Å². The molecule has 1 atom stereocenters. The van der Waals surface area contributed by atoms with E-state index in [0.717, 1.165) is 11.1 Å². The molecule has 0 fully saturated rings. The van der Waals surface area contributed by atoms with E-state index in [1.54, 1.807) is 18.5 Å². The third kappa shape index (κ3) is 3.05. The van der Waals surface area contributed by atoms with E-state index in [-0.39, 0.29) is 11.9 Å². The van der Waals surface area contributed by atoms with Crippen molar-refractivity contribution in [3.05, 3.63) is 47.5 Å². The van der Waals surface area contributed by atoms with Crippen LogP contribution in [0.2, 0.25) is 0 Å². The molecule has 18 heavy (non-hydrogen) atoms. The number of hydrogen-bond acceptors (Lipinski definition) is 4. The Balaban J connectivity index is 2.22. The Kier molecular flexibility index (Phi) is 3.93. The van der Waals surface area contributed by atoms with Gasteiger partial charge in [-0.25, -0.2) is 14.4 Å². The molecule has 0 spiro atoms. The average Bonchev–Trinajstić information content (AvgIpc) is 2.34. The van der Waals surface area contributed by atoms with Gasteiger partial charge in [-0.05, 0) is 48.9 Å². The maximum absolute atomic E-state index is 13.8. The van der Waals surface area contributed by atoms with Crippen molar-refractivity contribution in [2.24, 2.45) is 5.73 Å². The Labute approximate surface area is 110 Å². The topological polar surface area (TPSA) is 51.8 Å². The van der Waals surface area contributed by atoms with E-state index in [2.05, 4.69) is 9.97 Å². The third-order valence-corrected chi connectivity index (χ3v) is 3.38. The quantitative estimate of drug-likeness (QED) is 0.865. The summed E-state index contributed by atoms with van der Waals surface area (Å²) < 4.78 is 13.8. The number of halogens is 1. The number of hydrogen-bond donors (Lipinski definition) is 1. The molecule has 0 radical (unpaired) electrons. The van der Waals surface area contributed by atoms with E-state index in [1.165, 1.54) is 17.8 Å². The molecule has 1 heterocycles. The summed E-state index contributed by atoms with van der Waals surface area (Å²) in [5.74, 6) is -0.293. The van der Waals surface area contributed by atoms with Crippen LogP contribution in [0.3, 0.4) is 0 Å². The second-order valence-corrected chi connectivity index (χ2v) is 5.13. The van der Waals surface area contributed by atoms with E-state index in [0.29, 0.717) is 10.1 Å². The molecular weight excluding hydrogens is 249 g/mol. The molecule has 0 bridgehead atoms. The zero-order valence-corrected chi connectivity index (χ0v) is 11.0. The van der Waals surface area contributed by atoms with Crippen LogP contribution in [0.1, 0.15) is 24.1 Å². The highest BCUT2D eigenvalue weighted by Crippen LogP contribution is 2.28. The van der Waals surface area contributed by atoms with Gasteiger partial charge < -0.3 is 5.73 Å². The fourth-order valence-corrected chi connectivity index (χ4v) is 2.11. The summed E-state index contributed by atoms with van der Waals surface area (Å²) in [5, 5.41) is 0.535. The number of benzene rings is 1. The van der Waals surface area contributed by atoms with Crippen molar-refractivity contribution >= 4 is 11.8 Å². The molecule has 0 aliphatic heterocycles. The van der Waals surface area contributed by atoms with Crippen molar-refractivity contribution in [3.8, 4) is 0 Å². The van der Waals surface area contributed by atoms with Gasteiger partial charge in [0, 0.05) is 18.4 Å². The van der Waals surface area contributed by atoms with Gasteiger partial charge in [0.2, 0.25) is 0 Å². The minimum absolute atomic E-state index is 0.172. The number of nitrogens with two attached hydrogens (primary N) is 1. The van der Waals surface area contributed by atoms with E-state index in [1.807, 2.05) is 19.9 Å². The summed E-state index contributed by atoms with van der Waals surface area (Å²) in [6.45, 7) is 3.73. The van der Waals surface area contributed by atoms with Gasteiger partial charge in [-0.1, -0.05) is 6.07 Å². The largest absolute Gasteiger partial charge is 0.324 e. The second-order valence-electron chi connectivity index (χ2n) is 4.12. The van der Waals surface area contributed by atoms with Gasteiger partial charge in [0.15, 0.2) is 5.16 Å². The van der Waals surface area contributed by atoms with E-state index in [9.17, 15) is 4.39 Å². The van der Waals surface area contributed by atoms with Crippen LogP contribution in [0.5, 0.6) is 0 Å². The zero-order valence-electron chi connectivity index (χ0n) is 10.2. The lowest BCUT2D eigenvalue weighted by molar-refractivity contribution is 0.596. The SMILES string of the molecule is Cc1cnc(Sc2ccc([C@@H](C)N)cc2F)nc1. The molecule has 0 saturated carbocycles. The van der Waals surface area contributed by atoms with Crippen LogP contribution in [0, 0.1) is 12.7 Å². The summed E-state index contributed by atoms with van der Waals surface area (Å²) in [4.78, 5) is 8.77. The Morgan fingerprint density at radius 3 is 2.50 bits per heavy atom. The summed E-state index contributed by atoms with van der Waals surface area (Å²) in [6.07, 6.45) is 3.42. The second kappa shape index (κ2) is 5.46. The van der Waals surface area contributed by atoms with Gasteiger partial charge in [-0.2, -0.15) is 0 Å². The van der Waals surface area contributed by atoms with Crippen LogP contribution >= 0.6 is 11.8 Å². The maximum Gasteiger partial charge on any atom is 0.192 e. The van der Waals surface area contributed by atoms with Gasteiger partial charge in [0.05, 0.1) is 4.90 Å². The molecule has 1 aromatic carbocycles. The molecule has 1 aromatic heterocycles. The molecule has 0 unspecified atom stereocenters. The van der Waals surface area contributed by atoms with E-state index >= 15 is 0 Å². The van der Waals surface area contributed by atoms with Gasteiger partial charge >= 0.3 is 0 Å². The number of aromatic nitrogens is 2. The van der Waals surface area contributed by atoms with Crippen LogP contribution in [0.15, 0.2) is 40.6 Å². The average molecular weight is 263 g/mol. The monoisotopic (exact) mass is 263 g/mol. The minimum atomic E-state index is -0.293. The number of aryl methyl sites for hydroxylation is 1. The fourth-order valence-electron chi connectivity index (χ4n) is 1.41. The Bertz CT molecular complexity index is 540. The number of nitrogens with zero attached hydrogens (tertiary/aromatic N) is 2. The molecule has 2 rings (SSSR count). The summed E-state index contributed by atoms with van der Waals surface area (Å²) >= 11 is 1.21. The minimum Gasteiger partial charge on any atom is -0.324 e. The smallest absolute Gasteiger partial charge is 0.192 e. The molecule has 0 saturated heterocycles. The summed E-state index contributed by atoms with van der Waals surface area (Å²) in [5.41, 5.74) is 7.46. The third-order valence-electron chi connectivity index (χ3n) is 2.44. The Morgan fingerprint density at radius 2 is 1.94 bits per heavy atom. The van der Waals surface area contributed by atoms with E-state index < -0.39 is 0 Å². The molecule has 2 aromatic rings. The highest BCUT2D eigenvalue weighted by Gasteiger charge is 2.09. The molecule has 3 nitrogen and oxygen atoms in total. The van der Waals surface area contributed by atoms with Crippen molar-refractivity contribution in [3.63, 3.8) is 0 Å². The van der Waals surface area contributed by atoms with Gasteiger partial charge in [0.25, 0.3) is 0 Å². The predicted octanol–water partition coefficient (Wildman–Crippen LogP) is 3.10. The first-order valence-corrected chi connectivity index (χ1v) is 6.39. The van der Waals surface area contributed by atoms with Crippen molar-refractivity contribution < 1.29 is 4.39 Å². The molecule has 5 heteroatoms. The Hall–Kier alpha value is -1.46. The van der Waals surface area contributed by atoms with Gasteiger partial charge in [0.1, 0.15) is 5.82 Å². The van der Waals surface area contributed by atoms with Gasteiger partial charge in [-0.15, -0.1) is 0 Å². The van der Waals surface area contributed by atoms with Crippen LogP contribution in [-0.2, 0) is 0 Å². The molecule has 0 aliphatic rings. The number of rotatable bonds is 3. The first-order valence-electron chi connectivity index (χ1n) is 5.58. The molecule has 2 N–H and O–H groups in total. The maximum atomic E-state index is 13.8. The van der Waals surface area contributed by atoms with Crippen molar-refractivity contribution in [2.75, 3.05) is 0 Å². The standard InChI is InChI=1S/C13H14FN3S/c1-8-6-16-13(17-7-8)18-12-4-3-10(9(2)15)5-11(12)14/h3-7,9H,15H2,1-2H3/t9-/m1/s1. The van der Waals surface area contributed by atoms with Crippen molar-refractivity contribution in [1.82, 2.24) is 9.97 Å². The fraction of sp³-hybridized carbons (Fsp3) is 0.231. The molecule has 94 valence electrons. The highest BCUT2D eigenvalue weighted by atomic mass is 32.2. The lowest BCUT2D eigenvalue weighted by atomic mass is 10.1. The van der Waals surface area contributed by atoms with Crippen LogP contribution < -0.4 is 5.73 Å². The normalized spacial score (nSPS) is 12.4. The summed E-state index contributed by atoms with van der Waals surface area (Å²) in [7, 11) is 0. The van der Waals surface area contributed by atoms with Crippen LogP contribution in [0.25, 0.3) is 0 Å². The summed E-state index contributed by atoms with van der Waals surface area (Å²) in [6, 6.07) is 4.82. The Morgan fingerprint density at radius 1 is 1.28 bits per heavy atom. The zero-order chi connectivity index (χ0) is 13.1. The van der Waals surface area contributed by atoms with Crippen molar-refractivity contribution in [1.29, 1.82) is 0 Å². The molecule has 0 aliphatic carbocycles. The van der Waals surface area contributed by atoms with Crippen LogP contribution in [-0.4, -0.2) is 9.97 Å². The first-order chi connectivity index (χ1) is 8.56. The molecular formula is C13H14FN3S. The van der Waals surface area contributed by atoms with Crippen molar-refractivity contribution in [2.45, 2.75) is 29.9 Å². The predicted molar refractivity (Wildman–Crippen MR) is 69.9 cm³/mol.